The average Bonchev–Trinajstić information content (AvgIpc) is 3.11. The molecule has 4 nitrogen and oxygen atoms in total. The minimum Gasteiger partial charge on any atom is -0.342 e. The van der Waals surface area contributed by atoms with Crippen molar-refractivity contribution in [2.45, 2.75) is 25.8 Å². The van der Waals surface area contributed by atoms with Crippen LogP contribution in [0.15, 0.2) is 24.3 Å². The van der Waals surface area contributed by atoms with Gasteiger partial charge in [-0.2, -0.15) is 0 Å². The molecule has 2 fully saturated rings. The molecule has 1 aromatic carbocycles. The molecule has 0 aromatic heterocycles. The molecule has 2 saturated heterocycles. The number of amides is 2. The predicted molar refractivity (Wildman–Crippen MR) is 75.7 cm³/mol. The van der Waals surface area contributed by atoms with Gasteiger partial charge < -0.3 is 9.80 Å². The fourth-order valence-electron chi connectivity index (χ4n) is 3.10. The second-order valence-electron chi connectivity index (χ2n) is 5.83. The Morgan fingerprint density at radius 1 is 1.19 bits per heavy atom. The van der Waals surface area contributed by atoms with Crippen molar-refractivity contribution in [3.05, 3.63) is 35.6 Å². The molecule has 0 spiro atoms. The van der Waals surface area contributed by atoms with Crippen LogP contribution in [0.2, 0.25) is 0 Å². The number of hydrogen-bond donors (Lipinski definition) is 0. The van der Waals surface area contributed by atoms with Crippen LogP contribution in [0.4, 0.5) is 4.39 Å². The molecule has 3 rings (SSSR count). The van der Waals surface area contributed by atoms with Gasteiger partial charge in [0.15, 0.2) is 0 Å². The summed E-state index contributed by atoms with van der Waals surface area (Å²) in [5.74, 6) is -0.371. The van der Waals surface area contributed by atoms with E-state index in [1.165, 1.54) is 12.1 Å². The Hall–Kier alpha value is -1.91. The average molecular weight is 290 g/mol. The van der Waals surface area contributed by atoms with Gasteiger partial charge >= 0.3 is 0 Å². The van der Waals surface area contributed by atoms with Gasteiger partial charge in [-0.25, -0.2) is 4.39 Å². The summed E-state index contributed by atoms with van der Waals surface area (Å²) in [6.07, 6.45) is 2.42. The molecule has 1 aromatic rings. The third-order valence-corrected chi connectivity index (χ3v) is 4.27. The standard InChI is InChI=1S/C16H19FN2O2/c17-14-5-3-12(4-6-14)10-19-11-13(9-15(19)20)16(21)18-7-1-2-8-18/h3-6,13H,1-2,7-11H2/t13-/m0/s1. The molecule has 2 aliphatic rings. The van der Waals surface area contributed by atoms with E-state index in [4.69, 9.17) is 0 Å². The number of rotatable bonds is 3. The van der Waals surface area contributed by atoms with Gasteiger partial charge in [0.25, 0.3) is 0 Å². The van der Waals surface area contributed by atoms with Crippen molar-refractivity contribution in [1.29, 1.82) is 0 Å². The SMILES string of the molecule is O=C1C[C@H](C(=O)N2CCCC2)CN1Cc1ccc(F)cc1. The van der Waals surface area contributed by atoms with Crippen molar-refractivity contribution in [1.82, 2.24) is 9.80 Å². The number of carbonyl (C=O) groups excluding carboxylic acids is 2. The molecule has 2 aliphatic heterocycles. The highest BCUT2D eigenvalue weighted by Crippen LogP contribution is 2.23. The first-order valence-corrected chi connectivity index (χ1v) is 7.44. The van der Waals surface area contributed by atoms with E-state index >= 15 is 0 Å². The third kappa shape index (κ3) is 3.06. The van der Waals surface area contributed by atoms with Crippen LogP contribution in [0.5, 0.6) is 0 Å². The zero-order valence-corrected chi connectivity index (χ0v) is 11.9. The second kappa shape index (κ2) is 5.84. The van der Waals surface area contributed by atoms with Crippen LogP contribution in [0, 0.1) is 11.7 Å². The van der Waals surface area contributed by atoms with Gasteiger partial charge in [0.2, 0.25) is 11.8 Å². The highest BCUT2D eigenvalue weighted by molar-refractivity contribution is 5.89. The first-order valence-electron chi connectivity index (χ1n) is 7.44. The summed E-state index contributed by atoms with van der Waals surface area (Å²) in [5, 5.41) is 0. The van der Waals surface area contributed by atoms with E-state index in [1.807, 2.05) is 4.90 Å². The number of carbonyl (C=O) groups is 2. The van der Waals surface area contributed by atoms with Crippen LogP contribution in [0.3, 0.4) is 0 Å². The maximum atomic E-state index is 12.9. The van der Waals surface area contributed by atoms with E-state index < -0.39 is 0 Å². The van der Waals surface area contributed by atoms with Gasteiger partial charge in [-0.15, -0.1) is 0 Å². The molecule has 0 saturated carbocycles. The Bertz CT molecular complexity index is 538. The smallest absolute Gasteiger partial charge is 0.227 e. The van der Waals surface area contributed by atoms with Crippen LogP contribution >= 0.6 is 0 Å². The summed E-state index contributed by atoms with van der Waals surface area (Å²) in [7, 11) is 0. The fourth-order valence-corrected chi connectivity index (χ4v) is 3.10. The predicted octanol–water partition coefficient (Wildman–Crippen LogP) is 1.80. The Morgan fingerprint density at radius 3 is 2.52 bits per heavy atom. The number of benzene rings is 1. The van der Waals surface area contributed by atoms with E-state index in [1.54, 1.807) is 17.0 Å². The van der Waals surface area contributed by atoms with Crippen molar-refractivity contribution in [3.63, 3.8) is 0 Å². The first-order chi connectivity index (χ1) is 10.1. The van der Waals surface area contributed by atoms with Crippen molar-refractivity contribution < 1.29 is 14.0 Å². The lowest BCUT2D eigenvalue weighted by atomic mass is 10.1. The van der Waals surface area contributed by atoms with Crippen molar-refractivity contribution >= 4 is 11.8 Å². The number of hydrogen-bond acceptors (Lipinski definition) is 2. The van der Waals surface area contributed by atoms with Crippen molar-refractivity contribution in [2.24, 2.45) is 5.92 Å². The zero-order chi connectivity index (χ0) is 14.8. The van der Waals surface area contributed by atoms with E-state index in [0.29, 0.717) is 19.5 Å². The number of halogens is 1. The molecule has 1 atom stereocenters. The number of likely N-dealkylation sites (tertiary alicyclic amines) is 2. The second-order valence-corrected chi connectivity index (χ2v) is 5.83. The van der Waals surface area contributed by atoms with Crippen molar-refractivity contribution in [2.75, 3.05) is 19.6 Å². The zero-order valence-electron chi connectivity index (χ0n) is 11.9. The van der Waals surface area contributed by atoms with Crippen LogP contribution in [0.1, 0.15) is 24.8 Å². The van der Waals surface area contributed by atoms with E-state index in [2.05, 4.69) is 0 Å². The van der Waals surface area contributed by atoms with Crippen LogP contribution in [-0.2, 0) is 16.1 Å². The topological polar surface area (TPSA) is 40.6 Å². The number of nitrogens with zero attached hydrogens (tertiary/aromatic N) is 2. The summed E-state index contributed by atoms with van der Waals surface area (Å²) in [4.78, 5) is 28.0. The highest BCUT2D eigenvalue weighted by atomic mass is 19.1. The highest BCUT2D eigenvalue weighted by Gasteiger charge is 2.36. The third-order valence-electron chi connectivity index (χ3n) is 4.27. The largest absolute Gasteiger partial charge is 0.342 e. The van der Waals surface area contributed by atoms with Gasteiger partial charge in [-0.1, -0.05) is 12.1 Å². The van der Waals surface area contributed by atoms with Crippen molar-refractivity contribution in [3.8, 4) is 0 Å². The normalized spacial score (nSPS) is 22.1. The summed E-state index contributed by atoms with van der Waals surface area (Å²) < 4.78 is 12.9. The molecule has 0 unspecified atom stereocenters. The van der Waals surface area contributed by atoms with E-state index in [0.717, 1.165) is 31.5 Å². The van der Waals surface area contributed by atoms with Gasteiger partial charge in [0.1, 0.15) is 5.82 Å². The molecular weight excluding hydrogens is 271 g/mol. The van der Waals surface area contributed by atoms with Gasteiger partial charge in [-0.3, -0.25) is 9.59 Å². The molecule has 0 N–H and O–H groups in total. The lowest BCUT2D eigenvalue weighted by Gasteiger charge is -2.20. The molecule has 5 heteroatoms. The van der Waals surface area contributed by atoms with E-state index in [9.17, 15) is 14.0 Å². The first kappa shape index (κ1) is 14.0. The summed E-state index contributed by atoms with van der Waals surface area (Å²) >= 11 is 0. The Labute approximate surface area is 123 Å². The van der Waals surface area contributed by atoms with Crippen LogP contribution < -0.4 is 0 Å². The van der Waals surface area contributed by atoms with Gasteiger partial charge in [0.05, 0.1) is 5.92 Å². The van der Waals surface area contributed by atoms with E-state index in [-0.39, 0.29) is 23.5 Å². The Balaban J connectivity index is 1.61. The fraction of sp³-hybridized carbons (Fsp3) is 0.500. The summed E-state index contributed by atoms with van der Waals surface area (Å²) in [6, 6.07) is 6.14. The summed E-state index contributed by atoms with van der Waals surface area (Å²) in [6.45, 7) is 2.57. The Kier molecular flexibility index (Phi) is 3.90. The molecular formula is C16H19FN2O2. The van der Waals surface area contributed by atoms with Crippen LogP contribution in [-0.4, -0.2) is 41.2 Å². The monoisotopic (exact) mass is 290 g/mol. The molecule has 0 radical (unpaired) electrons. The molecule has 0 bridgehead atoms. The lowest BCUT2D eigenvalue weighted by molar-refractivity contribution is -0.134. The Morgan fingerprint density at radius 2 is 1.86 bits per heavy atom. The summed E-state index contributed by atoms with van der Waals surface area (Å²) in [5.41, 5.74) is 0.888. The lowest BCUT2D eigenvalue weighted by Crippen LogP contribution is -2.35. The molecule has 2 heterocycles. The van der Waals surface area contributed by atoms with Gasteiger partial charge in [-0.05, 0) is 30.5 Å². The maximum absolute atomic E-state index is 12.9. The molecule has 112 valence electrons. The minimum absolute atomic E-state index is 0.0110. The minimum atomic E-state index is -0.284. The molecule has 0 aliphatic carbocycles. The quantitative estimate of drug-likeness (QED) is 0.851. The maximum Gasteiger partial charge on any atom is 0.227 e. The van der Waals surface area contributed by atoms with Crippen LogP contribution in [0.25, 0.3) is 0 Å². The molecule has 2 amide bonds. The molecule has 21 heavy (non-hydrogen) atoms. The van der Waals surface area contributed by atoms with Gasteiger partial charge in [0, 0.05) is 32.6 Å².